The van der Waals surface area contributed by atoms with Crippen LogP contribution in [0.2, 0.25) is 0 Å². The topological polar surface area (TPSA) is 58.2 Å². The van der Waals surface area contributed by atoms with Gasteiger partial charge in [0.25, 0.3) is 5.91 Å². The van der Waals surface area contributed by atoms with E-state index in [2.05, 4.69) is 10.6 Å². The first kappa shape index (κ1) is 17.0. The van der Waals surface area contributed by atoms with Crippen molar-refractivity contribution in [3.05, 3.63) is 83.2 Å². The van der Waals surface area contributed by atoms with E-state index < -0.39 is 0 Å². The highest BCUT2D eigenvalue weighted by molar-refractivity contribution is 6.06. The largest absolute Gasteiger partial charge is 0.326 e. The maximum absolute atomic E-state index is 13.0. The molecule has 5 heteroatoms. The number of rotatable bonds is 3. The Morgan fingerprint density at radius 1 is 1.07 bits per heavy atom. The first-order chi connectivity index (χ1) is 13.0. The van der Waals surface area contributed by atoms with Gasteiger partial charge < -0.3 is 10.6 Å². The van der Waals surface area contributed by atoms with E-state index in [1.165, 1.54) is 24.3 Å². The molecule has 0 spiro atoms. The standard InChI is InChI=1S/C22H17FN2O2/c1-13-5-6-14(17-3-2-4-20-19(17)12-21(26)25-20)11-18(13)22(27)24-16-9-7-15(23)8-10-16/h2-11H,12H2,1H3,(H,24,27)(H,25,26). The fourth-order valence-corrected chi connectivity index (χ4v) is 3.29. The van der Waals surface area contributed by atoms with E-state index in [-0.39, 0.29) is 17.6 Å². The normalized spacial score (nSPS) is 12.4. The SMILES string of the molecule is Cc1ccc(-c2cccc3c2CC(=O)N3)cc1C(=O)Nc1ccc(F)cc1. The van der Waals surface area contributed by atoms with E-state index in [9.17, 15) is 14.0 Å². The van der Waals surface area contributed by atoms with Crippen LogP contribution in [0.1, 0.15) is 21.5 Å². The Labute approximate surface area is 156 Å². The average molecular weight is 360 g/mol. The van der Waals surface area contributed by atoms with Gasteiger partial charge in [-0.05, 0) is 65.6 Å². The molecule has 0 saturated carbocycles. The van der Waals surface area contributed by atoms with Crippen molar-refractivity contribution >= 4 is 23.2 Å². The van der Waals surface area contributed by atoms with E-state index in [1.54, 1.807) is 0 Å². The number of aryl methyl sites for hydroxylation is 1. The van der Waals surface area contributed by atoms with Gasteiger partial charge in [-0.3, -0.25) is 9.59 Å². The molecule has 0 aliphatic carbocycles. The molecule has 0 saturated heterocycles. The zero-order chi connectivity index (χ0) is 19.0. The molecule has 4 nitrogen and oxygen atoms in total. The van der Waals surface area contributed by atoms with E-state index >= 15 is 0 Å². The molecule has 2 N–H and O–H groups in total. The summed E-state index contributed by atoms with van der Waals surface area (Å²) in [6.07, 6.45) is 0.330. The van der Waals surface area contributed by atoms with Crippen molar-refractivity contribution in [2.75, 3.05) is 10.6 Å². The van der Waals surface area contributed by atoms with Crippen molar-refractivity contribution in [2.45, 2.75) is 13.3 Å². The summed E-state index contributed by atoms with van der Waals surface area (Å²) in [4.78, 5) is 24.5. The second-order valence-corrected chi connectivity index (χ2v) is 6.55. The minimum Gasteiger partial charge on any atom is -0.326 e. The van der Waals surface area contributed by atoms with Gasteiger partial charge in [0.2, 0.25) is 5.91 Å². The van der Waals surface area contributed by atoms with Gasteiger partial charge in [0.05, 0.1) is 6.42 Å². The number of nitrogens with one attached hydrogen (secondary N) is 2. The van der Waals surface area contributed by atoms with Crippen LogP contribution in [-0.4, -0.2) is 11.8 Å². The van der Waals surface area contributed by atoms with Crippen molar-refractivity contribution in [3.8, 4) is 11.1 Å². The van der Waals surface area contributed by atoms with Crippen molar-refractivity contribution < 1.29 is 14.0 Å². The quantitative estimate of drug-likeness (QED) is 0.720. The number of fused-ring (bicyclic) bond motifs is 1. The van der Waals surface area contributed by atoms with Crippen LogP contribution in [0.5, 0.6) is 0 Å². The molecule has 3 aromatic carbocycles. The Hall–Kier alpha value is -3.47. The average Bonchev–Trinajstić information content (AvgIpc) is 3.04. The number of carbonyl (C=O) groups is 2. The van der Waals surface area contributed by atoms with Gasteiger partial charge in [0.15, 0.2) is 0 Å². The maximum atomic E-state index is 13.0. The maximum Gasteiger partial charge on any atom is 0.255 e. The third-order valence-corrected chi connectivity index (χ3v) is 4.68. The molecule has 1 aliphatic heterocycles. The second kappa shape index (κ2) is 6.68. The van der Waals surface area contributed by atoms with Gasteiger partial charge in [-0.25, -0.2) is 4.39 Å². The van der Waals surface area contributed by atoms with Crippen LogP contribution < -0.4 is 10.6 Å². The number of hydrogen-bond donors (Lipinski definition) is 2. The molecular weight excluding hydrogens is 343 g/mol. The molecule has 0 bridgehead atoms. The summed E-state index contributed by atoms with van der Waals surface area (Å²) in [6, 6.07) is 17.0. The Morgan fingerprint density at radius 2 is 1.85 bits per heavy atom. The highest BCUT2D eigenvalue weighted by Crippen LogP contribution is 2.34. The molecule has 0 radical (unpaired) electrons. The second-order valence-electron chi connectivity index (χ2n) is 6.55. The van der Waals surface area contributed by atoms with Gasteiger partial charge in [-0.2, -0.15) is 0 Å². The Morgan fingerprint density at radius 3 is 2.63 bits per heavy atom. The highest BCUT2D eigenvalue weighted by atomic mass is 19.1. The number of carbonyl (C=O) groups excluding carboxylic acids is 2. The van der Waals surface area contributed by atoms with Crippen LogP contribution >= 0.6 is 0 Å². The fraction of sp³-hybridized carbons (Fsp3) is 0.0909. The smallest absolute Gasteiger partial charge is 0.255 e. The zero-order valence-corrected chi connectivity index (χ0v) is 14.7. The summed E-state index contributed by atoms with van der Waals surface area (Å²) in [7, 11) is 0. The lowest BCUT2D eigenvalue weighted by Gasteiger charge is -2.12. The summed E-state index contributed by atoms with van der Waals surface area (Å²) in [5.74, 6) is -0.645. The van der Waals surface area contributed by atoms with E-state index in [1.807, 2.05) is 43.3 Å². The number of amides is 2. The molecule has 1 aliphatic rings. The van der Waals surface area contributed by atoms with Gasteiger partial charge in [-0.15, -0.1) is 0 Å². The summed E-state index contributed by atoms with van der Waals surface area (Å²) in [5, 5.41) is 5.64. The summed E-state index contributed by atoms with van der Waals surface area (Å²) in [6.45, 7) is 1.86. The van der Waals surface area contributed by atoms with E-state index in [4.69, 9.17) is 0 Å². The third kappa shape index (κ3) is 3.31. The van der Waals surface area contributed by atoms with E-state index in [0.717, 1.165) is 27.9 Å². The lowest BCUT2D eigenvalue weighted by molar-refractivity contribution is -0.115. The highest BCUT2D eigenvalue weighted by Gasteiger charge is 2.21. The van der Waals surface area contributed by atoms with Gasteiger partial charge in [0.1, 0.15) is 5.82 Å². The molecule has 134 valence electrons. The first-order valence-electron chi connectivity index (χ1n) is 8.61. The van der Waals surface area contributed by atoms with Crippen LogP contribution in [-0.2, 0) is 11.2 Å². The summed E-state index contributed by atoms with van der Waals surface area (Å²) < 4.78 is 13.0. The van der Waals surface area contributed by atoms with E-state index in [0.29, 0.717) is 17.7 Å². The predicted octanol–water partition coefficient (Wildman–Crippen LogP) is 4.55. The van der Waals surface area contributed by atoms with Crippen molar-refractivity contribution in [3.63, 3.8) is 0 Å². The lowest BCUT2D eigenvalue weighted by atomic mass is 9.94. The Bertz CT molecular complexity index is 1060. The molecule has 0 unspecified atom stereocenters. The minimum absolute atomic E-state index is 0.0289. The Kier molecular flexibility index (Phi) is 4.20. The molecular formula is C22H17FN2O2. The number of benzene rings is 3. The third-order valence-electron chi connectivity index (χ3n) is 4.68. The Balaban J connectivity index is 1.68. The monoisotopic (exact) mass is 360 g/mol. The number of anilines is 2. The molecule has 0 atom stereocenters. The van der Waals surface area contributed by atoms with Crippen LogP contribution in [0.25, 0.3) is 11.1 Å². The molecule has 0 aromatic heterocycles. The van der Waals surface area contributed by atoms with Crippen LogP contribution in [0.15, 0.2) is 60.7 Å². The number of halogens is 1. The van der Waals surface area contributed by atoms with Crippen LogP contribution in [0, 0.1) is 12.7 Å². The predicted molar refractivity (Wildman–Crippen MR) is 103 cm³/mol. The van der Waals surface area contributed by atoms with Gasteiger partial charge in [0, 0.05) is 16.9 Å². The van der Waals surface area contributed by atoms with Crippen molar-refractivity contribution in [1.82, 2.24) is 0 Å². The molecule has 3 aromatic rings. The molecule has 0 fully saturated rings. The minimum atomic E-state index is -0.354. The summed E-state index contributed by atoms with van der Waals surface area (Å²) >= 11 is 0. The molecule has 27 heavy (non-hydrogen) atoms. The van der Waals surface area contributed by atoms with Crippen molar-refractivity contribution in [2.24, 2.45) is 0 Å². The summed E-state index contributed by atoms with van der Waals surface area (Å²) in [5.41, 5.74) is 5.46. The van der Waals surface area contributed by atoms with Crippen LogP contribution in [0.4, 0.5) is 15.8 Å². The van der Waals surface area contributed by atoms with Gasteiger partial charge >= 0.3 is 0 Å². The first-order valence-corrected chi connectivity index (χ1v) is 8.61. The lowest BCUT2D eigenvalue weighted by Crippen LogP contribution is -2.13. The zero-order valence-electron chi connectivity index (χ0n) is 14.7. The number of hydrogen-bond acceptors (Lipinski definition) is 2. The fourth-order valence-electron chi connectivity index (χ4n) is 3.29. The van der Waals surface area contributed by atoms with Crippen LogP contribution in [0.3, 0.4) is 0 Å². The van der Waals surface area contributed by atoms with Crippen molar-refractivity contribution in [1.29, 1.82) is 0 Å². The molecule has 4 rings (SSSR count). The van der Waals surface area contributed by atoms with Gasteiger partial charge in [-0.1, -0.05) is 24.3 Å². The molecule has 2 amide bonds. The molecule has 1 heterocycles.